The normalized spacial score (nSPS) is 25.0. The van der Waals surface area contributed by atoms with Gasteiger partial charge in [0.1, 0.15) is 18.0 Å². The van der Waals surface area contributed by atoms with Crippen molar-refractivity contribution in [2.45, 2.75) is 153 Å². The lowest BCUT2D eigenvalue weighted by atomic mass is 9.55. The number of alkyl halides is 9. The standard InChI is InChI=1S/C46H68F9NO8S2/c1-40(2,3)64-39(57)56(19-8-26-65-66-27-25-58-21-7-10-31-29-62-41(4,5)63-30-31)20-24-59-33-12-14-34-32(28-33)11-13-36-35(34)17-18-42(6)37(36)15-16-38(42)60-22-9-23-61-43(44(47,48)49,45(50,51)52)46(53,54)55/h12,14,28,31,35-38H,7-11,13,15-27,29-30H2,1-6H3/t35-,36-,37+,38+,42+/m1/s1. The Bertz CT molecular complexity index is 1650. The maximum atomic E-state index is 13.3. The molecule has 5 rings (SSSR count). The zero-order valence-electron chi connectivity index (χ0n) is 38.9. The molecular formula is C46H68F9NO8S2. The van der Waals surface area contributed by atoms with Crippen LogP contribution in [0.15, 0.2) is 18.2 Å². The van der Waals surface area contributed by atoms with Crippen molar-refractivity contribution < 1.29 is 77.5 Å². The third-order valence-electron chi connectivity index (χ3n) is 13.3. The number of nitrogens with zero attached hydrogens (tertiary/aromatic N) is 1. The van der Waals surface area contributed by atoms with E-state index < -0.39 is 48.5 Å². The van der Waals surface area contributed by atoms with Crippen molar-refractivity contribution in [3.05, 3.63) is 29.3 Å². The smallest absolute Gasteiger partial charge is 0.435 e. The Hall–Kier alpha value is -1.84. The summed E-state index contributed by atoms with van der Waals surface area (Å²) in [4.78, 5) is 14.9. The molecule has 0 radical (unpaired) electrons. The van der Waals surface area contributed by atoms with Crippen molar-refractivity contribution in [3.8, 4) is 5.75 Å². The summed E-state index contributed by atoms with van der Waals surface area (Å²) >= 11 is 0. The van der Waals surface area contributed by atoms with Crippen molar-refractivity contribution in [1.29, 1.82) is 0 Å². The summed E-state index contributed by atoms with van der Waals surface area (Å²) < 4.78 is 158. The van der Waals surface area contributed by atoms with Gasteiger partial charge in [-0.25, -0.2) is 4.79 Å². The third-order valence-corrected chi connectivity index (χ3v) is 15.8. The lowest BCUT2D eigenvalue weighted by Crippen LogP contribution is -2.67. The van der Waals surface area contributed by atoms with Crippen LogP contribution in [0, 0.1) is 23.2 Å². The van der Waals surface area contributed by atoms with Gasteiger partial charge in [0.2, 0.25) is 0 Å². The van der Waals surface area contributed by atoms with Gasteiger partial charge < -0.3 is 38.1 Å². The van der Waals surface area contributed by atoms with E-state index in [2.05, 4.69) is 23.8 Å². The highest BCUT2D eigenvalue weighted by Crippen LogP contribution is 2.62. The van der Waals surface area contributed by atoms with Gasteiger partial charge in [0.25, 0.3) is 0 Å². The van der Waals surface area contributed by atoms with Gasteiger partial charge in [-0.2, -0.15) is 39.5 Å². The first-order chi connectivity index (χ1) is 30.8. The Kier molecular flexibility index (Phi) is 19.1. The molecule has 0 spiro atoms. The number of benzene rings is 1. The van der Waals surface area contributed by atoms with Crippen LogP contribution in [-0.2, 0) is 34.8 Å². The fourth-order valence-corrected chi connectivity index (χ4v) is 11.9. The molecule has 1 heterocycles. The predicted octanol–water partition coefficient (Wildman–Crippen LogP) is 12.3. The van der Waals surface area contributed by atoms with Gasteiger partial charge in [0.05, 0.1) is 39.1 Å². The summed E-state index contributed by atoms with van der Waals surface area (Å²) in [6.45, 7) is 13.7. The van der Waals surface area contributed by atoms with Gasteiger partial charge in [-0.15, -0.1) is 0 Å². The molecule has 0 N–H and O–H groups in total. The third kappa shape index (κ3) is 14.2. The first-order valence-corrected chi connectivity index (χ1v) is 25.6. The molecule has 3 aliphatic carbocycles. The van der Waals surface area contributed by atoms with E-state index in [1.54, 1.807) is 26.5 Å². The molecule has 1 aromatic carbocycles. The zero-order chi connectivity index (χ0) is 48.6. The van der Waals surface area contributed by atoms with Crippen LogP contribution in [0.1, 0.15) is 116 Å². The maximum absolute atomic E-state index is 13.3. The summed E-state index contributed by atoms with van der Waals surface area (Å²) in [5, 5.41) is 0. The van der Waals surface area contributed by atoms with E-state index in [4.69, 9.17) is 28.4 Å². The summed E-state index contributed by atoms with van der Waals surface area (Å²) in [7, 11) is 3.51. The van der Waals surface area contributed by atoms with E-state index in [1.807, 2.05) is 40.7 Å². The first-order valence-electron chi connectivity index (χ1n) is 23.1. The molecule has 4 aliphatic rings. The largest absolute Gasteiger partial charge is 0.492 e. The van der Waals surface area contributed by atoms with Gasteiger partial charge in [-0.05, 0) is 145 Å². The molecule has 380 valence electrons. The van der Waals surface area contributed by atoms with Gasteiger partial charge in [-0.1, -0.05) is 34.6 Å². The van der Waals surface area contributed by atoms with Crippen molar-refractivity contribution in [2.75, 3.05) is 70.8 Å². The second kappa shape index (κ2) is 22.9. The molecule has 5 atom stereocenters. The lowest BCUT2D eigenvalue weighted by Gasteiger charge is -2.50. The van der Waals surface area contributed by atoms with Crippen LogP contribution < -0.4 is 4.74 Å². The van der Waals surface area contributed by atoms with Gasteiger partial charge in [-0.3, -0.25) is 0 Å². The number of ether oxygens (including phenoxy) is 7. The van der Waals surface area contributed by atoms with Gasteiger partial charge in [0, 0.05) is 37.2 Å². The zero-order valence-corrected chi connectivity index (χ0v) is 40.5. The molecule has 3 fully saturated rings. The second-order valence-corrected chi connectivity index (χ2v) is 22.3. The van der Waals surface area contributed by atoms with E-state index in [1.165, 1.54) is 11.1 Å². The van der Waals surface area contributed by atoms with Crippen molar-refractivity contribution >= 4 is 27.7 Å². The fourth-order valence-electron chi connectivity index (χ4n) is 10.0. The minimum atomic E-state index is -6.76. The quantitative estimate of drug-likeness (QED) is 0.0636. The van der Waals surface area contributed by atoms with Crippen LogP contribution in [-0.4, -0.2) is 123 Å². The number of fused-ring (bicyclic) bond motifs is 5. The highest BCUT2D eigenvalue weighted by Gasteiger charge is 2.85. The number of hydrogen-bond donors (Lipinski definition) is 0. The minimum Gasteiger partial charge on any atom is -0.492 e. The second-order valence-electron chi connectivity index (χ2n) is 19.6. The molecule has 1 saturated heterocycles. The van der Waals surface area contributed by atoms with Gasteiger partial charge in [0.15, 0.2) is 5.79 Å². The average Bonchev–Trinajstić information content (AvgIpc) is 3.54. The Morgan fingerprint density at radius 1 is 0.788 bits per heavy atom. The molecule has 66 heavy (non-hydrogen) atoms. The predicted molar refractivity (Wildman–Crippen MR) is 235 cm³/mol. The molecule has 0 aromatic heterocycles. The summed E-state index contributed by atoms with van der Waals surface area (Å²) in [5.41, 5.74) is -4.77. The maximum Gasteiger partial charge on any atom is 0.435 e. The van der Waals surface area contributed by atoms with E-state index in [-0.39, 0.29) is 42.7 Å². The van der Waals surface area contributed by atoms with E-state index in [0.717, 1.165) is 62.9 Å². The molecule has 9 nitrogen and oxygen atoms in total. The SMILES string of the molecule is CC(C)(C)OC(=O)N(CCCSSCCOCCCC1COC(C)(C)OC1)CCOc1ccc2c(c1)CC[C@@H]1[C@@H]2CC[C@]2(C)[C@@H](OCCCOC(C(F)(F)F)(C(F)(F)F)C(F)(F)F)CC[C@@H]12. The topological polar surface area (TPSA) is 84.9 Å². The molecule has 0 unspecified atom stereocenters. The first kappa shape index (κ1) is 55.1. The highest BCUT2D eigenvalue weighted by molar-refractivity contribution is 8.76. The van der Waals surface area contributed by atoms with Crippen LogP contribution in [0.25, 0.3) is 0 Å². The van der Waals surface area contributed by atoms with Crippen LogP contribution in [0.2, 0.25) is 0 Å². The molecule has 1 amide bonds. The van der Waals surface area contributed by atoms with Crippen molar-refractivity contribution in [2.24, 2.45) is 23.2 Å². The van der Waals surface area contributed by atoms with Gasteiger partial charge >= 0.3 is 30.2 Å². The number of halogens is 9. The molecular weight excluding hydrogens is 930 g/mol. The van der Waals surface area contributed by atoms with Crippen LogP contribution in [0.3, 0.4) is 0 Å². The Labute approximate surface area is 391 Å². The van der Waals surface area contributed by atoms with Crippen molar-refractivity contribution in [1.82, 2.24) is 4.90 Å². The number of hydrogen-bond acceptors (Lipinski definition) is 10. The molecule has 0 bridgehead atoms. The Morgan fingerprint density at radius 3 is 2.14 bits per heavy atom. The Balaban J connectivity index is 1.03. The van der Waals surface area contributed by atoms with Crippen LogP contribution in [0.5, 0.6) is 5.75 Å². The number of carbonyl (C=O) groups excluding carboxylic acids is 1. The highest BCUT2D eigenvalue weighted by atomic mass is 33.1. The lowest BCUT2D eigenvalue weighted by molar-refractivity contribution is -0.457. The molecule has 1 aromatic rings. The van der Waals surface area contributed by atoms with Crippen molar-refractivity contribution in [3.63, 3.8) is 0 Å². The monoisotopic (exact) mass is 997 g/mol. The molecule has 2 saturated carbocycles. The van der Waals surface area contributed by atoms with E-state index in [0.29, 0.717) is 63.5 Å². The number of aryl methyl sites for hydroxylation is 1. The summed E-state index contributed by atoms with van der Waals surface area (Å²) in [6.07, 6.45) is -14.0. The summed E-state index contributed by atoms with van der Waals surface area (Å²) in [5.74, 6) is 3.23. The van der Waals surface area contributed by atoms with E-state index >= 15 is 0 Å². The number of amides is 1. The fraction of sp³-hybridized carbons (Fsp3) is 0.848. The minimum absolute atomic E-state index is 0.256. The Morgan fingerprint density at radius 2 is 1.47 bits per heavy atom. The van der Waals surface area contributed by atoms with E-state index in [9.17, 15) is 44.3 Å². The molecule has 20 heteroatoms. The summed E-state index contributed by atoms with van der Waals surface area (Å²) in [6, 6.07) is 6.15. The average molecular weight is 998 g/mol. The van der Waals surface area contributed by atoms with Crippen LogP contribution in [0.4, 0.5) is 44.3 Å². The number of rotatable bonds is 22. The number of carbonyl (C=O) groups is 1. The molecule has 1 aliphatic heterocycles. The van der Waals surface area contributed by atoms with Crippen LogP contribution >= 0.6 is 21.6 Å².